The van der Waals surface area contributed by atoms with Gasteiger partial charge in [-0.25, -0.2) is 8.78 Å². The molecule has 1 nitrogen and oxygen atoms in total. The topological polar surface area (TPSA) is 9.23 Å². The summed E-state index contributed by atoms with van der Waals surface area (Å²) in [5.74, 6) is -1.64. The van der Waals surface area contributed by atoms with Gasteiger partial charge in [0.05, 0.1) is 0 Å². The summed E-state index contributed by atoms with van der Waals surface area (Å²) in [4.78, 5) is 2.19. The SMILES string of the molecule is CCc1ccc(COc2c(F)cc(CBr)cc2F)s1. The van der Waals surface area contributed by atoms with Gasteiger partial charge >= 0.3 is 0 Å². The zero-order valence-corrected chi connectivity index (χ0v) is 12.8. The highest BCUT2D eigenvalue weighted by Gasteiger charge is 2.13. The van der Waals surface area contributed by atoms with E-state index in [4.69, 9.17) is 4.74 Å². The number of thiophene rings is 1. The second-order valence-electron chi connectivity index (χ2n) is 4.03. The molecule has 0 N–H and O–H groups in total. The lowest BCUT2D eigenvalue weighted by Crippen LogP contribution is -1.99. The Labute approximate surface area is 123 Å². The maximum atomic E-state index is 13.7. The number of aryl methyl sites for hydroxylation is 1. The first-order valence-electron chi connectivity index (χ1n) is 5.88. The Bertz CT molecular complexity index is 545. The van der Waals surface area contributed by atoms with Gasteiger partial charge in [-0.2, -0.15) is 0 Å². The molecule has 1 aromatic heterocycles. The molecule has 1 aromatic carbocycles. The lowest BCUT2D eigenvalue weighted by Gasteiger charge is -2.08. The van der Waals surface area contributed by atoms with Crippen molar-refractivity contribution in [2.45, 2.75) is 25.3 Å². The molecule has 2 rings (SSSR count). The summed E-state index contributed by atoms with van der Waals surface area (Å²) in [6.07, 6.45) is 0.952. The van der Waals surface area contributed by atoms with E-state index in [1.807, 2.05) is 12.1 Å². The fourth-order valence-corrected chi connectivity index (χ4v) is 2.86. The summed E-state index contributed by atoms with van der Waals surface area (Å²) in [5, 5.41) is 0.409. The van der Waals surface area contributed by atoms with E-state index in [2.05, 4.69) is 22.9 Å². The molecule has 0 aliphatic rings. The fourth-order valence-electron chi connectivity index (χ4n) is 1.66. The van der Waals surface area contributed by atoms with E-state index < -0.39 is 11.6 Å². The summed E-state index contributed by atoms with van der Waals surface area (Å²) < 4.78 is 32.6. The van der Waals surface area contributed by atoms with E-state index in [1.165, 1.54) is 17.0 Å². The van der Waals surface area contributed by atoms with Gasteiger partial charge in [-0.15, -0.1) is 11.3 Å². The van der Waals surface area contributed by atoms with Gasteiger partial charge in [-0.3, -0.25) is 0 Å². The average molecular weight is 347 g/mol. The van der Waals surface area contributed by atoms with Crippen molar-refractivity contribution in [3.63, 3.8) is 0 Å². The number of hydrogen-bond donors (Lipinski definition) is 0. The van der Waals surface area contributed by atoms with Crippen LogP contribution >= 0.6 is 27.3 Å². The minimum absolute atomic E-state index is 0.187. The minimum atomic E-state index is -0.665. The van der Waals surface area contributed by atoms with Crippen LogP contribution in [-0.2, 0) is 18.4 Å². The summed E-state index contributed by atoms with van der Waals surface area (Å²) in [6.45, 7) is 2.25. The molecule has 0 atom stereocenters. The normalized spacial score (nSPS) is 10.7. The van der Waals surface area contributed by atoms with Gasteiger partial charge in [0.2, 0.25) is 0 Å². The molecule has 0 bridgehead atoms. The van der Waals surface area contributed by atoms with Crippen molar-refractivity contribution in [3.8, 4) is 5.75 Å². The molecule has 102 valence electrons. The second-order valence-corrected chi connectivity index (χ2v) is 5.85. The number of ether oxygens (including phenoxy) is 1. The highest BCUT2D eigenvalue weighted by Crippen LogP contribution is 2.26. The van der Waals surface area contributed by atoms with Gasteiger partial charge in [0.25, 0.3) is 0 Å². The zero-order valence-electron chi connectivity index (χ0n) is 10.4. The molecular formula is C14H13BrF2OS. The third kappa shape index (κ3) is 3.54. The Kier molecular flexibility index (Phi) is 4.93. The van der Waals surface area contributed by atoms with Crippen LogP contribution in [0.2, 0.25) is 0 Å². The van der Waals surface area contributed by atoms with Crippen LogP contribution in [-0.4, -0.2) is 0 Å². The van der Waals surface area contributed by atoms with Crippen molar-refractivity contribution >= 4 is 27.3 Å². The first-order valence-corrected chi connectivity index (χ1v) is 7.82. The van der Waals surface area contributed by atoms with Crippen LogP contribution in [0.5, 0.6) is 5.75 Å². The summed E-state index contributed by atoms with van der Waals surface area (Å²) in [6, 6.07) is 6.48. The number of hydrogen-bond acceptors (Lipinski definition) is 2. The summed E-state index contributed by atoms with van der Waals surface area (Å²) in [5.41, 5.74) is 0.548. The average Bonchev–Trinajstić information content (AvgIpc) is 2.85. The van der Waals surface area contributed by atoms with Gasteiger partial charge in [-0.05, 0) is 36.2 Å². The van der Waals surface area contributed by atoms with E-state index in [0.29, 0.717) is 10.9 Å². The fraction of sp³-hybridized carbons (Fsp3) is 0.286. The number of halogens is 3. The van der Waals surface area contributed by atoms with Crippen LogP contribution in [0.3, 0.4) is 0 Å². The monoisotopic (exact) mass is 346 g/mol. The Morgan fingerprint density at radius 1 is 1.16 bits per heavy atom. The number of benzene rings is 1. The highest BCUT2D eigenvalue weighted by atomic mass is 79.9. The van der Waals surface area contributed by atoms with E-state index >= 15 is 0 Å². The molecule has 5 heteroatoms. The number of alkyl halides is 1. The van der Waals surface area contributed by atoms with E-state index in [1.54, 1.807) is 11.3 Å². The maximum Gasteiger partial charge on any atom is 0.191 e. The Hall–Kier alpha value is -0.940. The second kappa shape index (κ2) is 6.48. The van der Waals surface area contributed by atoms with Gasteiger partial charge in [-0.1, -0.05) is 22.9 Å². The molecule has 19 heavy (non-hydrogen) atoms. The summed E-state index contributed by atoms with van der Waals surface area (Å²) in [7, 11) is 0. The zero-order chi connectivity index (χ0) is 13.8. The van der Waals surface area contributed by atoms with Gasteiger partial charge in [0, 0.05) is 15.1 Å². The molecule has 1 heterocycles. The molecular weight excluding hydrogens is 334 g/mol. The van der Waals surface area contributed by atoms with Crippen molar-refractivity contribution in [2.24, 2.45) is 0 Å². The van der Waals surface area contributed by atoms with Crippen molar-refractivity contribution in [1.82, 2.24) is 0 Å². The molecule has 0 fully saturated rings. The van der Waals surface area contributed by atoms with Gasteiger partial charge in [0.1, 0.15) is 6.61 Å². The molecule has 0 saturated heterocycles. The summed E-state index contributed by atoms with van der Waals surface area (Å²) >= 11 is 4.76. The van der Waals surface area contributed by atoms with Crippen molar-refractivity contribution in [1.29, 1.82) is 0 Å². The Morgan fingerprint density at radius 3 is 2.32 bits per heavy atom. The van der Waals surface area contributed by atoms with Crippen LogP contribution in [0, 0.1) is 11.6 Å². The van der Waals surface area contributed by atoms with Crippen LogP contribution in [0.25, 0.3) is 0 Å². The third-order valence-corrected chi connectivity index (χ3v) is 4.49. The maximum absolute atomic E-state index is 13.7. The predicted molar refractivity (Wildman–Crippen MR) is 77.0 cm³/mol. The van der Waals surface area contributed by atoms with E-state index in [0.717, 1.165) is 11.3 Å². The standard InChI is InChI=1S/C14H13BrF2OS/c1-2-10-3-4-11(19-10)8-18-14-12(16)5-9(7-15)6-13(14)17/h3-6H,2,7-8H2,1H3. The van der Waals surface area contributed by atoms with E-state index in [-0.39, 0.29) is 12.4 Å². The first kappa shape index (κ1) is 14.5. The molecule has 0 aliphatic heterocycles. The lowest BCUT2D eigenvalue weighted by molar-refractivity contribution is 0.277. The van der Waals surface area contributed by atoms with Crippen LogP contribution in [0.4, 0.5) is 8.78 Å². The molecule has 0 saturated carbocycles. The molecule has 2 aromatic rings. The highest BCUT2D eigenvalue weighted by molar-refractivity contribution is 9.08. The largest absolute Gasteiger partial charge is 0.482 e. The van der Waals surface area contributed by atoms with Crippen molar-refractivity contribution < 1.29 is 13.5 Å². The van der Waals surface area contributed by atoms with Crippen LogP contribution in [0.15, 0.2) is 24.3 Å². The van der Waals surface area contributed by atoms with Gasteiger partial charge in [0.15, 0.2) is 17.4 Å². The van der Waals surface area contributed by atoms with Crippen molar-refractivity contribution in [3.05, 3.63) is 51.2 Å². The van der Waals surface area contributed by atoms with Crippen LogP contribution < -0.4 is 4.74 Å². The van der Waals surface area contributed by atoms with E-state index in [9.17, 15) is 8.78 Å². The quantitative estimate of drug-likeness (QED) is 0.687. The number of rotatable bonds is 5. The minimum Gasteiger partial charge on any atom is -0.482 e. The molecule has 0 radical (unpaired) electrons. The molecule has 0 spiro atoms. The molecule has 0 unspecified atom stereocenters. The Balaban J connectivity index is 2.11. The smallest absolute Gasteiger partial charge is 0.191 e. The molecule has 0 amide bonds. The van der Waals surface area contributed by atoms with Gasteiger partial charge < -0.3 is 4.74 Å². The first-order chi connectivity index (χ1) is 9.13. The lowest BCUT2D eigenvalue weighted by atomic mass is 10.2. The van der Waals surface area contributed by atoms with Crippen LogP contribution in [0.1, 0.15) is 22.2 Å². The third-order valence-electron chi connectivity index (χ3n) is 2.64. The molecule has 0 aliphatic carbocycles. The van der Waals surface area contributed by atoms with Crippen molar-refractivity contribution in [2.75, 3.05) is 0 Å². The predicted octanol–water partition coefficient (Wildman–Crippen LogP) is 5.06. The Morgan fingerprint density at radius 2 is 1.79 bits per heavy atom.